The van der Waals surface area contributed by atoms with Gasteiger partial charge in [-0.2, -0.15) is 0 Å². The van der Waals surface area contributed by atoms with Gasteiger partial charge in [-0.15, -0.1) is 0 Å². The Kier molecular flexibility index (Phi) is 5.22. The molecule has 0 saturated carbocycles. The molecule has 1 atom stereocenters. The average molecular weight is 258 g/mol. The largest absolute Gasteiger partial charge is 0.486 e. The molecular formula is C12H16ClNO3. The van der Waals surface area contributed by atoms with Crippen LogP contribution in [0.15, 0.2) is 18.2 Å². The molecule has 1 aromatic carbocycles. The van der Waals surface area contributed by atoms with Gasteiger partial charge in [0.1, 0.15) is 0 Å². The van der Waals surface area contributed by atoms with Crippen LogP contribution in [-0.2, 0) is 0 Å². The van der Waals surface area contributed by atoms with E-state index in [1.165, 1.54) is 18.2 Å². The Morgan fingerprint density at radius 1 is 1.53 bits per heavy atom. The normalized spacial score (nSPS) is 12.2. The quantitative estimate of drug-likeness (QED) is 0.570. The highest BCUT2D eigenvalue weighted by Gasteiger charge is 2.16. The minimum atomic E-state index is -0.462. The molecule has 17 heavy (non-hydrogen) atoms. The van der Waals surface area contributed by atoms with Crippen LogP contribution in [0.4, 0.5) is 5.69 Å². The second kappa shape index (κ2) is 6.45. The maximum atomic E-state index is 10.8. The molecule has 0 aliphatic carbocycles. The maximum Gasteiger partial charge on any atom is 0.311 e. The number of nitrogens with zero attached hydrogens (tertiary/aromatic N) is 1. The SMILES string of the molecule is CCCC(C)COc1cc(Cl)ccc1[N+](=O)[O-]. The van der Waals surface area contributed by atoms with Gasteiger partial charge in [-0.1, -0.05) is 31.9 Å². The zero-order chi connectivity index (χ0) is 12.8. The summed E-state index contributed by atoms with van der Waals surface area (Å²) in [6.45, 7) is 4.62. The number of benzene rings is 1. The number of ether oxygens (including phenoxy) is 1. The number of halogens is 1. The predicted octanol–water partition coefficient (Wildman–Crippen LogP) is 4.06. The molecular weight excluding hydrogens is 242 g/mol. The van der Waals surface area contributed by atoms with E-state index in [2.05, 4.69) is 13.8 Å². The molecule has 4 nitrogen and oxygen atoms in total. The van der Waals surface area contributed by atoms with Crippen molar-refractivity contribution in [1.29, 1.82) is 0 Å². The molecule has 0 spiro atoms. The molecule has 0 aliphatic rings. The van der Waals surface area contributed by atoms with Crippen LogP contribution in [0.1, 0.15) is 26.7 Å². The fourth-order valence-corrected chi connectivity index (χ4v) is 1.72. The van der Waals surface area contributed by atoms with Gasteiger partial charge in [-0.3, -0.25) is 10.1 Å². The molecule has 0 heterocycles. The first-order valence-corrected chi connectivity index (χ1v) is 5.99. The Balaban J connectivity index is 2.75. The average Bonchev–Trinajstić information content (AvgIpc) is 2.26. The first-order chi connectivity index (χ1) is 8.04. The molecule has 1 aromatic rings. The summed E-state index contributed by atoms with van der Waals surface area (Å²) in [5.74, 6) is 0.615. The van der Waals surface area contributed by atoms with Crippen molar-refractivity contribution in [3.05, 3.63) is 33.3 Å². The Labute approximate surface area is 106 Å². The summed E-state index contributed by atoms with van der Waals surface area (Å²) in [6, 6.07) is 4.34. The summed E-state index contributed by atoms with van der Waals surface area (Å²) in [7, 11) is 0. The van der Waals surface area contributed by atoms with Crippen LogP contribution in [0.3, 0.4) is 0 Å². The van der Waals surface area contributed by atoms with Gasteiger partial charge in [-0.25, -0.2) is 0 Å². The lowest BCUT2D eigenvalue weighted by Gasteiger charge is -2.12. The highest BCUT2D eigenvalue weighted by atomic mass is 35.5. The van der Waals surface area contributed by atoms with E-state index in [4.69, 9.17) is 16.3 Å². The first-order valence-electron chi connectivity index (χ1n) is 5.61. The number of hydrogen-bond donors (Lipinski definition) is 0. The van der Waals surface area contributed by atoms with E-state index >= 15 is 0 Å². The monoisotopic (exact) mass is 257 g/mol. The highest BCUT2D eigenvalue weighted by molar-refractivity contribution is 6.30. The molecule has 0 bridgehead atoms. The predicted molar refractivity (Wildman–Crippen MR) is 67.7 cm³/mol. The summed E-state index contributed by atoms with van der Waals surface area (Å²) >= 11 is 5.80. The summed E-state index contributed by atoms with van der Waals surface area (Å²) < 4.78 is 5.47. The van der Waals surface area contributed by atoms with Crippen LogP contribution in [0, 0.1) is 16.0 Å². The van der Waals surface area contributed by atoms with Gasteiger partial charge in [0, 0.05) is 17.2 Å². The number of nitro benzene ring substituents is 1. The summed E-state index contributed by atoms with van der Waals surface area (Å²) in [4.78, 5) is 10.3. The fraction of sp³-hybridized carbons (Fsp3) is 0.500. The van der Waals surface area contributed by atoms with E-state index < -0.39 is 4.92 Å². The lowest BCUT2D eigenvalue weighted by Crippen LogP contribution is -2.09. The van der Waals surface area contributed by atoms with E-state index in [9.17, 15) is 10.1 Å². The van der Waals surface area contributed by atoms with Crippen LogP contribution in [-0.4, -0.2) is 11.5 Å². The summed E-state index contributed by atoms with van der Waals surface area (Å²) in [6.07, 6.45) is 2.11. The third kappa shape index (κ3) is 4.23. The Morgan fingerprint density at radius 3 is 2.82 bits per heavy atom. The van der Waals surface area contributed by atoms with Gasteiger partial charge >= 0.3 is 5.69 Å². The van der Waals surface area contributed by atoms with E-state index in [1.54, 1.807) is 0 Å². The van der Waals surface area contributed by atoms with E-state index in [1.807, 2.05) is 0 Å². The third-order valence-electron chi connectivity index (χ3n) is 2.42. The smallest absolute Gasteiger partial charge is 0.311 e. The van der Waals surface area contributed by atoms with Crippen LogP contribution < -0.4 is 4.74 Å². The maximum absolute atomic E-state index is 10.8. The van der Waals surface area contributed by atoms with E-state index in [0.29, 0.717) is 17.5 Å². The van der Waals surface area contributed by atoms with Gasteiger partial charge in [0.15, 0.2) is 5.75 Å². The molecule has 0 radical (unpaired) electrons. The van der Waals surface area contributed by atoms with Gasteiger partial charge in [0.05, 0.1) is 11.5 Å². The molecule has 0 saturated heterocycles. The van der Waals surface area contributed by atoms with Crippen molar-refractivity contribution in [3.8, 4) is 5.75 Å². The Morgan fingerprint density at radius 2 is 2.24 bits per heavy atom. The number of nitro groups is 1. The number of hydrogen-bond acceptors (Lipinski definition) is 3. The van der Waals surface area contributed by atoms with Crippen molar-refractivity contribution < 1.29 is 9.66 Å². The minimum Gasteiger partial charge on any atom is -0.486 e. The molecule has 1 unspecified atom stereocenters. The molecule has 94 valence electrons. The van der Waals surface area contributed by atoms with Crippen LogP contribution in [0.25, 0.3) is 0 Å². The van der Waals surface area contributed by atoms with Gasteiger partial charge in [0.25, 0.3) is 0 Å². The zero-order valence-corrected chi connectivity index (χ0v) is 10.7. The lowest BCUT2D eigenvalue weighted by molar-refractivity contribution is -0.385. The standard InChI is InChI=1S/C12H16ClNO3/c1-3-4-9(2)8-17-12-7-10(13)5-6-11(12)14(15)16/h5-7,9H,3-4,8H2,1-2H3. The Hall–Kier alpha value is -1.29. The second-order valence-corrected chi connectivity index (χ2v) is 4.51. The number of rotatable bonds is 6. The summed E-state index contributed by atoms with van der Waals surface area (Å²) in [5, 5.41) is 11.2. The fourth-order valence-electron chi connectivity index (χ4n) is 1.56. The molecule has 1 rings (SSSR count). The first kappa shape index (κ1) is 13.8. The van der Waals surface area contributed by atoms with Gasteiger partial charge < -0.3 is 4.74 Å². The van der Waals surface area contributed by atoms with Gasteiger partial charge in [0.2, 0.25) is 0 Å². The van der Waals surface area contributed by atoms with Crippen LogP contribution in [0.5, 0.6) is 5.75 Å². The summed E-state index contributed by atoms with van der Waals surface area (Å²) in [5.41, 5.74) is -0.0434. The van der Waals surface area contributed by atoms with Gasteiger partial charge in [-0.05, 0) is 18.4 Å². The molecule has 0 fully saturated rings. The van der Waals surface area contributed by atoms with Crippen LogP contribution >= 0.6 is 11.6 Å². The lowest BCUT2D eigenvalue weighted by atomic mass is 10.1. The molecule has 5 heteroatoms. The molecule has 0 N–H and O–H groups in total. The molecule has 0 aliphatic heterocycles. The van der Waals surface area contributed by atoms with Crippen molar-refractivity contribution in [3.63, 3.8) is 0 Å². The van der Waals surface area contributed by atoms with E-state index in [-0.39, 0.29) is 11.4 Å². The van der Waals surface area contributed by atoms with Crippen molar-refractivity contribution in [1.82, 2.24) is 0 Å². The topological polar surface area (TPSA) is 52.4 Å². The van der Waals surface area contributed by atoms with Crippen molar-refractivity contribution in [2.75, 3.05) is 6.61 Å². The minimum absolute atomic E-state index is 0.0434. The van der Waals surface area contributed by atoms with Crippen molar-refractivity contribution in [2.45, 2.75) is 26.7 Å². The Bertz CT molecular complexity index is 395. The van der Waals surface area contributed by atoms with E-state index in [0.717, 1.165) is 12.8 Å². The molecule has 0 aromatic heterocycles. The zero-order valence-electron chi connectivity index (χ0n) is 9.98. The van der Waals surface area contributed by atoms with Crippen LogP contribution in [0.2, 0.25) is 5.02 Å². The van der Waals surface area contributed by atoms with Crippen molar-refractivity contribution in [2.24, 2.45) is 5.92 Å². The van der Waals surface area contributed by atoms with Crippen molar-refractivity contribution >= 4 is 17.3 Å². The highest BCUT2D eigenvalue weighted by Crippen LogP contribution is 2.30. The second-order valence-electron chi connectivity index (χ2n) is 4.07. The molecule has 0 amide bonds. The third-order valence-corrected chi connectivity index (χ3v) is 2.66.